The average Bonchev–Trinajstić information content (AvgIpc) is 2.69. The molecule has 0 saturated carbocycles. The Morgan fingerprint density at radius 2 is 0.692 bits per heavy atom. The number of hydrogen-bond acceptors (Lipinski definition) is 8. The Morgan fingerprint density at radius 3 is 0.885 bits per heavy atom. The third-order valence-electron chi connectivity index (χ3n) is 4.10. The quantitative estimate of drug-likeness (QED) is 0.518. The zero-order chi connectivity index (χ0) is 18.3. The molecule has 0 radical (unpaired) electrons. The Balaban J connectivity index is 2.15. The topological polar surface area (TPSA) is 88.5 Å². The van der Waals surface area contributed by atoms with Crippen molar-refractivity contribution in [3.8, 4) is 23.0 Å². The third kappa shape index (κ3) is 2.30. The molecule has 0 bridgehead atoms. The lowest BCUT2D eigenvalue weighted by molar-refractivity contribution is 0.408. The molecular weight excluding hydrogens is 336 g/mol. The van der Waals surface area contributed by atoms with Crippen LogP contribution in [0.5, 0.6) is 23.0 Å². The first-order chi connectivity index (χ1) is 12.7. The van der Waals surface area contributed by atoms with Gasteiger partial charge in [0, 0.05) is 0 Å². The van der Waals surface area contributed by atoms with Crippen molar-refractivity contribution in [1.29, 1.82) is 0 Å². The number of ether oxygens (including phenoxy) is 4. The van der Waals surface area contributed by atoms with Gasteiger partial charge in [-0.05, 0) is 24.3 Å². The van der Waals surface area contributed by atoms with E-state index in [2.05, 4.69) is 19.9 Å². The second kappa shape index (κ2) is 6.14. The van der Waals surface area contributed by atoms with Crippen molar-refractivity contribution in [2.45, 2.75) is 0 Å². The minimum atomic E-state index is 0.378. The number of hydrogen-bond donors (Lipinski definition) is 0. The molecule has 0 unspecified atom stereocenters. The van der Waals surface area contributed by atoms with E-state index in [0.29, 0.717) is 56.4 Å². The van der Waals surface area contributed by atoms with Gasteiger partial charge in [0.25, 0.3) is 0 Å². The van der Waals surface area contributed by atoms with E-state index in [-0.39, 0.29) is 0 Å². The van der Waals surface area contributed by atoms with E-state index in [9.17, 15) is 0 Å². The molecular formula is C18H16N4O4. The van der Waals surface area contributed by atoms with Crippen LogP contribution in [0.15, 0.2) is 24.3 Å². The first-order valence-corrected chi connectivity index (χ1v) is 7.81. The maximum atomic E-state index is 5.39. The largest absolute Gasteiger partial charge is 0.494 e. The standard InChI is InChI=1S/C18H16N4O4/c1-23-9-5-6-10(24-2)14-13(9)19-17-18(20-14)22-16-12(26-4)8-7-11(25-3)15(16)21-17/h5-8H,1-4H3. The van der Waals surface area contributed by atoms with E-state index >= 15 is 0 Å². The van der Waals surface area contributed by atoms with Crippen LogP contribution in [0.25, 0.3) is 33.4 Å². The summed E-state index contributed by atoms with van der Waals surface area (Å²) < 4.78 is 21.6. The molecule has 8 heteroatoms. The molecule has 2 aromatic heterocycles. The summed E-state index contributed by atoms with van der Waals surface area (Å²) >= 11 is 0. The van der Waals surface area contributed by atoms with Gasteiger partial charge >= 0.3 is 0 Å². The minimum Gasteiger partial charge on any atom is -0.494 e. The van der Waals surface area contributed by atoms with E-state index in [1.54, 1.807) is 52.7 Å². The summed E-state index contributed by atoms with van der Waals surface area (Å²) in [6.45, 7) is 0. The number of aromatic nitrogens is 4. The monoisotopic (exact) mass is 352 g/mol. The SMILES string of the molecule is COc1ccc(OC)c2nc3nc4c(OC)ccc(OC)c4nc3nc12. The summed E-state index contributed by atoms with van der Waals surface area (Å²) in [5.74, 6) is 2.31. The van der Waals surface area contributed by atoms with Gasteiger partial charge in [-0.1, -0.05) is 0 Å². The molecule has 0 N–H and O–H groups in total. The highest BCUT2D eigenvalue weighted by molar-refractivity contribution is 5.95. The van der Waals surface area contributed by atoms with E-state index in [4.69, 9.17) is 18.9 Å². The van der Waals surface area contributed by atoms with Crippen molar-refractivity contribution >= 4 is 33.4 Å². The van der Waals surface area contributed by atoms with Crippen LogP contribution in [0.4, 0.5) is 0 Å². The molecule has 4 rings (SSSR count). The second-order valence-electron chi connectivity index (χ2n) is 5.43. The van der Waals surface area contributed by atoms with Crippen LogP contribution >= 0.6 is 0 Å². The Kier molecular flexibility index (Phi) is 3.80. The van der Waals surface area contributed by atoms with Crippen molar-refractivity contribution in [3.05, 3.63) is 24.3 Å². The summed E-state index contributed by atoms with van der Waals surface area (Å²) in [5, 5.41) is 0. The van der Waals surface area contributed by atoms with Gasteiger partial charge in [0.1, 0.15) is 45.1 Å². The van der Waals surface area contributed by atoms with Crippen molar-refractivity contribution < 1.29 is 18.9 Å². The van der Waals surface area contributed by atoms with E-state index in [1.165, 1.54) is 0 Å². The van der Waals surface area contributed by atoms with E-state index in [0.717, 1.165) is 0 Å². The molecule has 0 saturated heterocycles. The van der Waals surface area contributed by atoms with Crippen LogP contribution in [0, 0.1) is 0 Å². The van der Waals surface area contributed by atoms with Crippen molar-refractivity contribution in [3.63, 3.8) is 0 Å². The lowest BCUT2D eigenvalue weighted by atomic mass is 10.2. The Morgan fingerprint density at radius 1 is 0.462 bits per heavy atom. The number of benzene rings is 2. The molecule has 8 nitrogen and oxygen atoms in total. The zero-order valence-electron chi connectivity index (χ0n) is 14.7. The molecule has 0 aliphatic heterocycles. The van der Waals surface area contributed by atoms with Gasteiger partial charge in [-0.25, -0.2) is 19.9 Å². The van der Waals surface area contributed by atoms with Crippen LogP contribution in [-0.2, 0) is 0 Å². The second-order valence-corrected chi connectivity index (χ2v) is 5.43. The van der Waals surface area contributed by atoms with Gasteiger partial charge in [0.2, 0.25) is 0 Å². The Labute approximate surface area is 148 Å². The van der Waals surface area contributed by atoms with Gasteiger partial charge in [-0.15, -0.1) is 0 Å². The van der Waals surface area contributed by atoms with Crippen molar-refractivity contribution in [1.82, 2.24) is 19.9 Å². The molecule has 4 aromatic rings. The lowest BCUT2D eigenvalue weighted by Crippen LogP contribution is -2.00. The molecule has 0 fully saturated rings. The molecule has 0 atom stereocenters. The average molecular weight is 352 g/mol. The van der Waals surface area contributed by atoms with Gasteiger partial charge < -0.3 is 18.9 Å². The van der Waals surface area contributed by atoms with Crippen molar-refractivity contribution in [2.75, 3.05) is 28.4 Å². The molecule has 2 heterocycles. The highest BCUT2D eigenvalue weighted by Gasteiger charge is 2.17. The molecule has 26 heavy (non-hydrogen) atoms. The van der Waals surface area contributed by atoms with Crippen LogP contribution in [0.3, 0.4) is 0 Å². The number of rotatable bonds is 4. The summed E-state index contributed by atoms with van der Waals surface area (Å²) in [7, 11) is 6.31. The predicted octanol–water partition coefficient (Wildman–Crippen LogP) is 2.76. The first-order valence-electron chi connectivity index (χ1n) is 7.81. The zero-order valence-corrected chi connectivity index (χ0v) is 14.7. The molecule has 132 valence electrons. The highest BCUT2D eigenvalue weighted by Crippen LogP contribution is 2.34. The normalized spacial score (nSPS) is 11.1. The fourth-order valence-electron chi connectivity index (χ4n) is 2.85. The Bertz CT molecular complexity index is 971. The molecule has 0 aliphatic carbocycles. The highest BCUT2D eigenvalue weighted by atomic mass is 16.5. The van der Waals surface area contributed by atoms with Crippen LogP contribution in [-0.4, -0.2) is 48.4 Å². The maximum absolute atomic E-state index is 5.39. The fourth-order valence-corrected chi connectivity index (χ4v) is 2.85. The van der Waals surface area contributed by atoms with Crippen molar-refractivity contribution in [2.24, 2.45) is 0 Å². The van der Waals surface area contributed by atoms with Gasteiger partial charge in [-0.2, -0.15) is 0 Å². The smallest absolute Gasteiger partial charge is 0.199 e. The summed E-state index contributed by atoms with van der Waals surface area (Å²) in [6.07, 6.45) is 0. The number of nitrogens with zero attached hydrogens (tertiary/aromatic N) is 4. The summed E-state index contributed by atoms with van der Waals surface area (Å²) in [6, 6.07) is 7.11. The van der Waals surface area contributed by atoms with Gasteiger partial charge in [0.15, 0.2) is 11.3 Å². The first kappa shape index (κ1) is 16.1. The summed E-state index contributed by atoms with van der Waals surface area (Å²) in [4.78, 5) is 18.4. The molecule has 0 aliphatic rings. The Hall–Kier alpha value is -3.42. The molecule has 2 aromatic carbocycles. The van der Waals surface area contributed by atoms with Crippen LogP contribution < -0.4 is 18.9 Å². The van der Waals surface area contributed by atoms with E-state index in [1.807, 2.05) is 0 Å². The third-order valence-corrected chi connectivity index (χ3v) is 4.10. The number of fused-ring (bicyclic) bond motifs is 3. The van der Waals surface area contributed by atoms with Crippen LogP contribution in [0.1, 0.15) is 0 Å². The van der Waals surface area contributed by atoms with Gasteiger partial charge in [-0.3, -0.25) is 0 Å². The van der Waals surface area contributed by atoms with E-state index < -0.39 is 0 Å². The maximum Gasteiger partial charge on any atom is 0.199 e. The van der Waals surface area contributed by atoms with Crippen LogP contribution in [0.2, 0.25) is 0 Å². The predicted molar refractivity (Wildman–Crippen MR) is 96.3 cm³/mol. The summed E-state index contributed by atoms with van der Waals surface area (Å²) in [5.41, 5.74) is 2.96. The minimum absolute atomic E-state index is 0.378. The van der Waals surface area contributed by atoms with Gasteiger partial charge in [0.05, 0.1) is 28.4 Å². The fraction of sp³-hybridized carbons (Fsp3) is 0.222. The molecule has 0 amide bonds. The molecule has 0 spiro atoms. The number of methoxy groups -OCH3 is 4. The lowest BCUT2D eigenvalue weighted by Gasteiger charge is -2.11.